The molecular formula is C24H26BrN3O8S2. The molecule has 1 saturated heterocycles. The average molecular weight is 629 g/mol. The van der Waals surface area contributed by atoms with E-state index < -0.39 is 48.3 Å². The maximum absolute atomic E-state index is 13.9. The van der Waals surface area contributed by atoms with Crippen LogP contribution in [0.25, 0.3) is 10.9 Å². The van der Waals surface area contributed by atoms with Crippen molar-refractivity contribution in [1.29, 1.82) is 0 Å². The number of benzene rings is 2. The van der Waals surface area contributed by atoms with Gasteiger partial charge in [-0.15, -0.1) is 0 Å². The fourth-order valence-corrected chi connectivity index (χ4v) is 7.89. The van der Waals surface area contributed by atoms with Crippen molar-refractivity contribution in [2.24, 2.45) is 0 Å². The second-order valence-corrected chi connectivity index (χ2v) is 14.2. The summed E-state index contributed by atoms with van der Waals surface area (Å²) in [5, 5.41) is 10.1. The summed E-state index contributed by atoms with van der Waals surface area (Å²) in [4.78, 5) is 25.5. The highest BCUT2D eigenvalue weighted by Gasteiger charge is 2.40. The topological polar surface area (TPSA) is 143 Å². The number of piperazine rings is 1. The zero-order valence-corrected chi connectivity index (χ0v) is 24.0. The maximum atomic E-state index is 13.9. The van der Waals surface area contributed by atoms with Crippen molar-refractivity contribution in [3.63, 3.8) is 0 Å². The molecule has 0 atom stereocenters. The molecule has 1 aromatic heterocycles. The van der Waals surface area contributed by atoms with Gasteiger partial charge in [-0.2, -0.15) is 4.31 Å². The number of hydrogen-bond donors (Lipinski definition) is 1. The van der Waals surface area contributed by atoms with E-state index in [4.69, 9.17) is 4.74 Å². The number of fused-ring (bicyclic) bond motifs is 1. The second-order valence-electron chi connectivity index (χ2n) is 9.60. The number of aromatic nitrogens is 1. The molecule has 38 heavy (non-hydrogen) atoms. The lowest BCUT2D eigenvalue weighted by Crippen LogP contribution is -2.51. The van der Waals surface area contributed by atoms with E-state index in [0.29, 0.717) is 8.45 Å². The molecule has 1 N–H and O–H groups in total. The average Bonchev–Trinajstić information content (AvgIpc) is 3.20. The summed E-state index contributed by atoms with van der Waals surface area (Å²) in [6.07, 6.45) is -0.588. The molecule has 0 spiro atoms. The minimum Gasteiger partial charge on any atom is -0.477 e. The molecule has 0 bridgehead atoms. The predicted octanol–water partition coefficient (Wildman–Crippen LogP) is 3.58. The summed E-state index contributed by atoms with van der Waals surface area (Å²) in [5.41, 5.74) is -1.71. The molecular weight excluding hydrogens is 602 g/mol. The Balaban J connectivity index is 1.84. The van der Waals surface area contributed by atoms with Gasteiger partial charge in [0, 0.05) is 36.0 Å². The van der Waals surface area contributed by atoms with Crippen LogP contribution in [0.5, 0.6) is 0 Å². The number of ether oxygens (including phenoxy) is 1. The van der Waals surface area contributed by atoms with Crippen LogP contribution in [0.4, 0.5) is 4.79 Å². The highest BCUT2D eigenvalue weighted by atomic mass is 79.9. The van der Waals surface area contributed by atoms with Gasteiger partial charge in [0.15, 0.2) is 5.69 Å². The third-order valence-corrected chi connectivity index (χ3v) is 10.0. The van der Waals surface area contributed by atoms with Gasteiger partial charge >= 0.3 is 12.1 Å². The van der Waals surface area contributed by atoms with Gasteiger partial charge in [0.05, 0.1) is 10.4 Å². The van der Waals surface area contributed by atoms with Crippen LogP contribution in [-0.4, -0.2) is 79.0 Å². The van der Waals surface area contributed by atoms with Crippen LogP contribution < -0.4 is 0 Å². The van der Waals surface area contributed by atoms with Crippen molar-refractivity contribution in [1.82, 2.24) is 13.2 Å². The first kappa shape index (κ1) is 28.1. The molecule has 1 aliphatic heterocycles. The smallest absolute Gasteiger partial charge is 0.410 e. The molecule has 1 fully saturated rings. The van der Waals surface area contributed by atoms with E-state index in [9.17, 15) is 31.5 Å². The summed E-state index contributed by atoms with van der Waals surface area (Å²) < 4.78 is 62.5. The molecule has 0 unspecified atom stereocenters. The summed E-state index contributed by atoms with van der Waals surface area (Å²) in [6.45, 7) is 4.92. The van der Waals surface area contributed by atoms with Gasteiger partial charge in [-0.1, -0.05) is 34.1 Å². The molecule has 14 heteroatoms. The highest BCUT2D eigenvalue weighted by Crippen LogP contribution is 2.37. The van der Waals surface area contributed by atoms with Crippen molar-refractivity contribution < 1.29 is 36.3 Å². The van der Waals surface area contributed by atoms with E-state index in [0.717, 1.165) is 4.31 Å². The standard InChI is InChI=1S/C24H26BrN3O8S2/c1-24(2,3)36-23(31)26-11-13-27(14-12-26)38(34,35)21-18-15-16(25)9-10-19(18)28(20(21)22(29)30)37(32,33)17-7-5-4-6-8-17/h4-10,15H,11-14H2,1-3H3,(H,29,30). The Kier molecular flexibility index (Phi) is 7.38. The van der Waals surface area contributed by atoms with Crippen LogP contribution in [0.15, 0.2) is 62.8 Å². The molecule has 0 radical (unpaired) electrons. The Hall–Kier alpha value is -2.94. The van der Waals surface area contributed by atoms with Crippen LogP contribution in [0.2, 0.25) is 0 Å². The van der Waals surface area contributed by atoms with E-state index >= 15 is 0 Å². The van der Waals surface area contributed by atoms with Crippen molar-refractivity contribution in [3.05, 3.63) is 58.7 Å². The van der Waals surface area contributed by atoms with Crippen molar-refractivity contribution in [2.45, 2.75) is 36.2 Å². The number of aromatic carboxylic acids is 1. The number of hydrogen-bond acceptors (Lipinski definition) is 7. The lowest BCUT2D eigenvalue weighted by atomic mass is 10.2. The predicted molar refractivity (Wildman–Crippen MR) is 142 cm³/mol. The Morgan fingerprint density at radius 1 is 0.921 bits per heavy atom. The fraction of sp³-hybridized carbons (Fsp3) is 0.333. The second kappa shape index (κ2) is 9.98. The molecule has 11 nitrogen and oxygen atoms in total. The SMILES string of the molecule is CC(C)(C)OC(=O)N1CCN(S(=O)(=O)c2c(C(=O)O)n(S(=O)(=O)c3ccccc3)c3ccc(Br)cc23)CC1. The van der Waals surface area contributed by atoms with Gasteiger partial charge < -0.3 is 14.7 Å². The van der Waals surface area contributed by atoms with Gasteiger partial charge in [-0.3, -0.25) is 0 Å². The first-order valence-corrected chi connectivity index (χ1v) is 15.2. The van der Waals surface area contributed by atoms with Crippen molar-refractivity contribution in [3.8, 4) is 0 Å². The Bertz CT molecular complexity index is 1620. The normalized spacial score (nSPS) is 15.5. The first-order chi connectivity index (χ1) is 17.6. The number of sulfonamides is 1. The van der Waals surface area contributed by atoms with E-state index in [1.807, 2.05) is 0 Å². The molecule has 1 amide bonds. The molecule has 0 aliphatic carbocycles. The molecule has 4 rings (SSSR count). The number of carboxylic acid groups (broad SMARTS) is 1. The third-order valence-electron chi connectivity index (χ3n) is 5.81. The number of halogens is 1. The quantitative estimate of drug-likeness (QED) is 0.452. The number of nitrogens with zero attached hydrogens (tertiary/aromatic N) is 3. The van der Waals surface area contributed by atoms with E-state index in [-0.39, 0.29) is 42.0 Å². The number of carbonyl (C=O) groups excluding carboxylic acids is 1. The first-order valence-electron chi connectivity index (χ1n) is 11.5. The zero-order valence-electron chi connectivity index (χ0n) is 20.8. The number of amides is 1. The van der Waals surface area contributed by atoms with Gasteiger partial charge in [0.25, 0.3) is 10.0 Å². The molecule has 204 valence electrons. The van der Waals surface area contributed by atoms with Crippen LogP contribution >= 0.6 is 15.9 Å². The van der Waals surface area contributed by atoms with Crippen LogP contribution in [0.1, 0.15) is 31.3 Å². The van der Waals surface area contributed by atoms with Gasteiger partial charge in [-0.25, -0.2) is 30.4 Å². The summed E-state index contributed by atoms with van der Waals surface area (Å²) in [6, 6.07) is 11.4. The Morgan fingerprint density at radius 2 is 1.53 bits per heavy atom. The Morgan fingerprint density at radius 3 is 2.08 bits per heavy atom. The van der Waals surface area contributed by atoms with Crippen molar-refractivity contribution in [2.75, 3.05) is 26.2 Å². The lowest BCUT2D eigenvalue weighted by Gasteiger charge is -2.35. The van der Waals surface area contributed by atoms with Crippen LogP contribution in [-0.2, 0) is 24.8 Å². The summed E-state index contributed by atoms with van der Waals surface area (Å²) in [5.74, 6) is -1.72. The number of carbonyl (C=O) groups is 2. The Labute approximate surface area is 228 Å². The summed E-state index contributed by atoms with van der Waals surface area (Å²) >= 11 is 3.27. The molecule has 2 aromatic carbocycles. The molecule has 1 aliphatic rings. The van der Waals surface area contributed by atoms with Crippen LogP contribution in [0.3, 0.4) is 0 Å². The number of rotatable bonds is 5. The summed E-state index contributed by atoms with van der Waals surface area (Å²) in [7, 11) is -9.01. The largest absolute Gasteiger partial charge is 0.477 e. The van der Waals surface area contributed by atoms with E-state index in [1.165, 1.54) is 47.4 Å². The minimum absolute atomic E-state index is 0.0151. The highest BCUT2D eigenvalue weighted by molar-refractivity contribution is 9.10. The van der Waals surface area contributed by atoms with Crippen LogP contribution in [0, 0.1) is 0 Å². The minimum atomic E-state index is -4.52. The van der Waals surface area contributed by atoms with Gasteiger partial charge in [0.2, 0.25) is 10.0 Å². The van der Waals surface area contributed by atoms with Gasteiger partial charge in [-0.05, 0) is 51.1 Å². The lowest BCUT2D eigenvalue weighted by molar-refractivity contribution is 0.0192. The zero-order chi connectivity index (χ0) is 28.0. The molecule has 0 saturated carbocycles. The monoisotopic (exact) mass is 627 g/mol. The maximum Gasteiger partial charge on any atom is 0.410 e. The molecule has 3 aromatic rings. The van der Waals surface area contributed by atoms with Gasteiger partial charge in [0.1, 0.15) is 10.5 Å². The van der Waals surface area contributed by atoms with E-state index in [2.05, 4.69) is 15.9 Å². The van der Waals surface area contributed by atoms with E-state index in [1.54, 1.807) is 26.8 Å². The fourth-order valence-electron chi connectivity index (χ4n) is 4.17. The van der Waals surface area contributed by atoms with Crippen molar-refractivity contribution >= 4 is 58.9 Å². The molecule has 2 heterocycles. The third kappa shape index (κ3) is 5.17. The number of carboxylic acids is 1.